The summed E-state index contributed by atoms with van der Waals surface area (Å²) >= 11 is 0. The maximum atomic E-state index is 9.19. The first-order valence-electron chi connectivity index (χ1n) is 3.83. The van der Waals surface area contributed by atoms with Crippen LogP contribution in [0.1, 0.15) is 12.0 Å². The molecule has 1 unspecified atom stereocenters. The van der Waals surface area contributed by atoms with Gasteiger partial charge in [-0.05, 0) is 24.5 Å². The Morgan fingerprint density at radius 3 is 3.09 bits per heavy atom. The lowest BCUT2D eigenvalue weighted by molar-refractivity contribution is 0.136. The largest absolute Gasteiger partial charge is 0.372 e. The van der Waals surface area contributed by atoms with Gasteiger partial charge < -0.3 is 5.11 Å². The Morgan fingerprint density at radius 1 is 1.36 bits per heavy atom. The maximum Gasteiger partial charge on any atom is 0.146 e. The van der Waals surface area contributed by atoms with Crippen molar-refractivity contribution in [3.05, 3.63) is 29.8 Å². The number of nitrogens with zero attached hydrogens (tertiary/aromatic N) is 1. The fourth-order valence-corrected chi connectivity index (χ4v) is 1.36. The average Bonchev–Trinajstić information content (AvgIpc) is 2.04. The van der Waals surface area contributed by atoms with Crippen LogP contribution in [0.25, 0.3) is 0 Å². The number of fused-ring (bicyclic) bond motifs is 1. The third-order valence-electron chi connectivity index (χ3n) is 1.95. The summed E-state index contributed by atoms with van der Waals surface area (Å²) < 4.78 is 0. The second kappa shape index (κ2) is 2.55. The molecule has 2 heteroatoms. The van der Waals surface area contributed by atoms with E-state index in [2.05, 4.69) is 11.4 Å². The quantitative estimate of drug-likeness (QED) is 0.589. The predicted octanol–water partition coefficient (Wildman–Crippen LogP) is 1.19. The Balaban J connectivity index is 2.34. The van der Waals surface area contributed by atoms with Gasteiger partial charge in [0, 0.05) is 0 Å². The molecule has 57 valence electrons. The third-order valence-corrected chi connectivity index (χ3v) is 1.95. The topological polar surface area (TPSA) is 34.3 Å². The summed E-state index contributed by atoms with van der Waals surface area (Å²) in [5.41, 5.74) is 2.20. The summed E-state index contributed by atoms with van der Waals surface area (Å²) in [5.74, 6) is 0. The molecule has 11 heavy (non-hydrogen) atoms. The van der Waals surface area contributed by atoms with Crippen LogP contribution in [0.4, 0.5) is 5.69 Å². The standard InChI is InChI=1S/C9H10NO/c11-9-6-5-7-3-1-2-4-8(7)10-9/h1-4,9,11H,5-6H2. The molecule has 1 aromatic rings. The molecule has 1 atom stereocenters. The number of hydrogen-bond donors (Lipinski definition) is 1. The fraction of sp³-hybridized carbons (Fsp3) is 0.333. The normalized spacial score (nSPS) is 22.1. The molecule has 1 aliphatic rings. The third kappa shape index (κ3) is 1.21. The molecule has 2 nitrogen and oxygen atoms in total. The summed E-state index contributed by atoms with van der Waals surface area (Å²) in [6, 6.07) is 7.95. The van der Waals surface area contributed by atoms with Gasteiger partial charge in [0.05, 0.1) is 5.69 Å². The molecule has 0 aliphatic carbocycles. The minimum atomic E-state index is -0.482. The van der Waals surface area contributed by atoms with Gasteiger partial charge in [-0.15, -0.1) is 0 Å². The molecule has 2 rings (SSSR count). The van der Waals surface area contributed by atoms with Crippen molar-refractivity contribution in [3.63, 3.8) is 0 Å². The van der Waals surface area contributed by atoms with Crippen molar-refractivity contribution >= 4 is 5.69 Å². The van der Waals surface area contributed by atoms with Crippen LogP contribution in [-0.2, 0) is 6.42 Å². The van der Waals surface area contributed by atoms with Gasteiger partial charge in [-0.3, -0.25) is 5.32 Å². The first-order valence-corrected chi connectivity index (χ1v) is 3.83. The molecule has 1 aliphatic heterocycles. The number of aliphatic hydroxyl groups is 1. The SMILES string of the molecule is OC1CCc2ccccc2[N]1. The van der Waals surface area contributed by atoms with Crippen LogP contribution in [0.2, 0.25) is 0 Å². The zero-order valence-electron chi connectivity index (χ0n) is 6.20. The van der Waals surface area contributed by atoms with Gasteiger partial charge in [-0.1, -0.05) is 18.2 Å². The van der Waals surface area contributed by atoms with Gasteiger partial charge in [0.2, 0.25) is 0 Å². The van der Waals surface area contributed by atoms with E-state index in [0.29, 0.717) is 0 Å². The van der Waals surface area contributed by atoms with Gasteiger partial charge in [0.1, 0.15) is 6.23 Å². The van der Waals surface area contributed by atoms with E-state index in [0.717, 1.165) is 18.5 Å². The molecular weight excluding hydrogens is 138 g/mol. The highest BCUT2D eigenvalue weighted by Crippen LogP contribution is 2.23. The predicted molar refractivity (Wildman–Crippen MR) is 42.6 cm³/mol. The molecule has 1 heterocycles. The molecular formula is C9H10NO. The molecule has 0 spiro atoms. The minimum Gasteiger partial charge on any atom is -0.372 e. The Morgan fingerprint density at radius 2 is 2.18 bits per heavy atom. The Kier molecular flexibility index (Phi) is 1.55. The number of hydrogen-bond acceptors (Lipinski definition) is 1. The summed E-state index contributed by atoms with van der Waals surface area (Å²) in [6.07, 6.45) is 1.22. The van der Waals surface area contributed by atoms with Gasteiger partial charge in [-0.25, -0.2) is 0 Å². The van der Waals surface area contributed by atoms with Crippen LogP contribution in [-0.4, -0.2) is 11.3 Å². The summed E-state index contributed by atoms with van der Waals surface area (Å²) in [5, 5.41) is 13.3. The summed E-state index contributed by atoms with van der Waals surface area (Å²) in [4.78, 5) is 0. The highest BCUT2D eigenvalue weighted by Gasteiger charge is 2.15. The highest BCUT2D eigenvalue weighted by atomic mass is 16.3. The van der Waals surface area contributed by atoms with Crippen molar-refractivity contribution in [1.82, 2.24) is 5.32 Å². The molecule has 0 aromatic heterocycles. The van der Waals surface area contributed by atoms with Gasteiger partial charge in [-0.2, -0.15) is 0 Å². The van der Waals surface area contributed by atoms with E-state index in [-0.39, 0.29) is 0 Å². The number of aliphatic hydroxyl groups excluding tert-OH is 1. The van der Waals surface area contributed by atoms with Crippen LogP contribution in [0.5, 0.6) is 0 Å². The first kappa shape index (κ1) is 6.68. The monoisotopic (exact) mass is 148 g/mol. The maximum absolute atomic E-state index is 9.19. The summed E-state index contributed by atoms with van der Waals surface area (Å²) in [7, 11) is 0. The van der Waals surface area contributed by atoms with E-state index >= 15 is 0 Å². The van der Waals surface area contributed by atoms with Gasteiger partial charge in [0.25, 0.3) is 0 Å². The lowest BCUT2D eigenvalue weighted by Crippen LogP contribution is -2.23. The van der Waals surface area contributed by atoms with E-state index in [9.17, 15) is 5.11 Å². The second-order valence-corrected chi connectivity index (χ2v) is 2.78. The Labute approximate surface area is 65.9 Å². The molecule has 0 bridgehead atoms. The zero-order chi connectivity index (χ0) is 7.68. The first-order chi connectivity index (χ1) is 5.36. The molecule has 0 saturated carbocycles. The molecule has 0 fully saturated rings. The number of benzene rings is 1. The molecule has 1 radical (unpaired) electrons. The van der Waals surface area contributed by atoms with Crippen molar-refractivity contribution in [2.24, 2.45) is 0 Å². The van der Waals surface area contributed by atoms with Gasteiger partial charge >= 0.3 is 0 Å². The van der Waals surface area contributed by atoms with E-state index < -0.39 is 6.23 Å². The van der Waals surface area contributed by atoms with Crippen molar-refractivity contribution in [1.29, 1.82) is 0 Å². The van der Waals surface area contributed by atoms with Crippen molar-refractivity contribution in [2.45, 2.75) is 19.1 Å². The molecule has 1 aromatic carbocycles. The smallest absolute Gasteiger partial charge is 0.146 e. The van der Waals surface area contributed by atoms with E-state index in [1.54, 1.807) is 0 Å². The Bertz CT molecular complexity index is 259. The molecule has 0 saturated heterocycles. The van der Waals surface area contributed by atoms with E-state index in [1.165, 1.54) is 5.56 Å². The highest BCUT2D eigenvalue weighted by molar-refractivity contribution is 5.46. The number of aryl methyl sites for hydroxylation is 1. The number of para-hydroxylation sites is 1. The minimum absolute atomic E-state index is 0.482. The molecule has 1 N–H and O–H groups in total. The van der Waals surface area contributed by atoms with Crippen molar-refractivity contribution in [3.8, 4) is 0 Å². The van der Waals surface area contributed by atoms with Gasteiger partial charge in [0.15, 0.2) is 0 Å². The van der Waals surface area contributed by atoms with Crippen LogP contribution >= 0.6 is 0 Å². The Hall–Kier alpha value is -1.02. The lowest BCUT2D eigenvalue weighted by Gasteiger charge is -2.19. The zero-order valence-corrected chi connectivity index (χ0v) is 6.20. The fourth-order valence-electron chi connectivity index (χ4n) is 1.36. The molecule has 0 amide bonds. The average molecular weight is 148 g/mol. The van der Waals surface area contributed by atoms with Crippen LogP contribution < -0.4 is 5.32 Å². The van der Waals surface area contributed by atoms with Crippen LogP contribution in [0.15, 0.2) is 24.3 Å². The van der Waals surface area contributed by atoms with Crippen LogP contribution in [0, 0.1) is 0 Å². The van der Waals surface area contributed by atoms with E-state index in [4.69, 9.17) is 0 Å². The summed E-state index contributed by atoms with van der Waals surface area (Å²) in [6.45, 7) is 0. The lowest BCUT2D eigenvalue weighted by atomic mass is 10.0. The van der Waals surface area contributed by atoms with Crippen molar-refractivity contribution in [2.75, 3.05) is 0 Å². The van der Waals surface area contributed by atoms with Crippen LogP contribution in [0.3, 0.4) is 0 Å². The van der Waals surface area contributed by atoms with E-state index in [1.807, 2.05) is 18.2 Å². The second-order valence-electron chi connectivity index (χ2n) is 2.78. The van der Waals surface area contributed by atoms with Crippen molar-refractivity contribution < 1.29 is 5.11 Å². The number of rotatable bonds is 0.